The summed E-state index contributed by atoms with van der Waals surface area (Å²) in [6.07, 6.45) is -1.07. The molecule has 12 heavy (non-hydrogen) atoms. The largest absolute Gasteiger partial charge is 0.478 e. The van der Waals surface area contributed by atoms with E-state index in [4.69, 9.17) is 9.84 Å². The van der Waals surface area contributed by atoms with Crippen molar-refractivity contribution >= 4 is 21.9 Å². The molecule has 0 aromatic heterocycles. The lowest BCUT2D eigenvalue weighted by Gasteiger charge is -2.14. The average molecular weight is 235 g/mol. The monoisotopic (exact) mass is 234 g/mol. The third-order valence-corrected chi connectivity index (χ3v) is 3.11. The molecule has 66 valence electrons. The van der Waals surface area contributed by atoms with Crippen LogP contribution in [-0.4, -0.2) is 34.5 Å². The Balaban J connectivity index is 2.38. The van der Waals surface area contributed by atoms with Gasteiger partial charge in [-0.05, 0) is 0 Å². The molecule has 0 unspecified atom stereocenters. The molecule has 2 aliphatic rings. The molecule has 2 aliphatic heterocycles. The van der Waals surface area contributed by atoms with E-state index in [0.29, 0.717) is 10.9 Å². The van der Waals surface area contributed by atoms with E-state index in [1.807, 2.05) is 0 Å². The lowest BCUT2D eigenvalue weighted by Crippen LogP contribution is -2.28. The molecule has 0 aromatic rings. The van der Waals surface area contributed by atoms with Gasteiger partial charge in [-0.25, -0.2) is 4.79 Å². The topological polar surface area (TPSA) is 66.8 Å². The van der Waals surface area contributed by atoms with E-state index in [1.165, 1.54) is 0 Å². The zero-order chi connectivity index (χ0) is 8.88. The van der Waals surface area contributed by atoms with Gasteiger partial charge in [-0.15, -0.1) is 0 Å². The molecule has 2 rings (SSSR count). The van der Waals surface area contributed by atoms with Crippen LogP contribution in [0.3, 0.4) is 0 Å². The third kappa shape index (κ3) is 0.935. The van der Waals surface area contributed by atoms with E-state index in [9.17, 15) is 9.90 Å². The summed E-state index contributed by atoms with van der Waals surface area (Å²) in [5, 5.41) is 18.1. The molecule has 4 nitrogen and oxygen atoms in total. The Kier molecular flexibility index (Phi) is 1.75. The second kappa shape index (κ2) is 2.55. The van der Waals surface area contributed by atoms with E-state index in [0.717, 1.165) is 0 Å². The van der Waals surface area contributed by atoms with Gasteiger partial charge in [0.25, 0.3) is 0 Å². The van der Waals surface area contributed by atoms with Gasteiger partial charge in [-0.1, -0.05) is 15.9 Å². The first-order valence-corrected chi connectivity index (χ1v) is 4.37. The maximum atomic E-state index is 10.7. The Bertz CT molecular complexity index is 273. The first-order chi connectivity index (χ1) is 5.61. The first kappa shape index (κ1) is 8.22. The van der Waals surface area contributed by atoms with Gasteiger partial charge < -0.3 is 14.9 Å². The molecule has 2 N–H and O–H groups in total. The van der Waals surface area contributed by atoms with Gasteiger partial charge in [0.2, 0.25) is 0 Å². The number of halogens is 1. The molecule has 0 spiro atoms. The summed E-state index contributed by atoms with van der Waals surface area (Å²) in [4.78, 5) is 10.7. The lowest BCUT2D eigenvalue weighted by atomic mass is 9.97. The highest BCUT2D eigenvalue weighted by Gasteiger charge is 2.48. The van der Waals surface area contributed by atoms with Crippen molar-refractivity contribution in [2.45, 2.75) is 24.7 Å². The molecule has 0 radical (unpaired) electrons. The van der Waals surface area contributed by atoms with Gasteiger partial charge >= 0.3 is 5.97 Å². The van der Waals surface area contributed by atoms with Crippen molar-refractivity contribution in [2.75, 3.05) is 0 Å². The Hall–Kier alpha value is -0.390. The fourth-order valence-corrected chi connectivity index (χ4v) is 2.31. The number of aliphatic carboxylic acids is 1. The van der Waals surface area contributed by atoms with Crippen LogP contribution in [0.2, 0.25) is 0 Å². The smallest absolute Gasteiger partial charge is 0.335 e. The summed E-state index contributed by atoms with van der Waals surface area (Å²) in [6.45, 7) is 0. The summed E-state index contributed by atoms with van der Waals surface area (Å²) < 4.78 is 5.79. The molecule has 1 saturated heterocycles. The fraction of sp³-hybridized carbons (Fsp3) is 0.571. The molecule has 0 aromatic carbocycles. The van der Waals surface area contributed by atoms with Crippen LogP contribution in [0.5, 0.6) is 0 Å². The van der Waals surface area contributed by atoms with Crippen molar-refractivity contribution in [3.63, 3.8) is 0 Å². The third-order valence-electron chi connectivity index (χ3n) is 2.17. The molecule has 5 heteroatoms. The summed E-state index contributed by atoms with van der Waals surface area (Å²) in [6, 6.07) is 0. The van der Waals surface area contributed by atoms with Crippen molar-refractivity contribution in [3.8, 4) is 0 Å². The number of ether oxygens (including phenoxy) is 1. The number of aliphatic hydroxyl groups excluding tert-OH is 1. The summed E-state index contributed by atoms with van der Waals surface area (Å²) >= 11 is 3.15. The van der Waals surface area contributed by atoms with Crippen molar-refractivity contribution in [3.05, 3.63) is 10.1 Å². The molecule has 3 atom stereocenters. The fourth-order valence-electron chi connectivity index (χ4n) is 1.62. The highest BCUT2D eigenvalue weighted by atomic mass is 79.9. The van der Waals surface area contributed by atoms with Crippen molar-refractivity contribution < 1.29 is 19.7 Å². The first-order valence-electron chi connectivity index (χ1n) is 3.57. The van der Waals surface area contributed by atoms with Gasteiger partial charge in [0.1, 0.15) is 6.10 Å². The Morgan fingerprint density at radius 2 is 2.33 bits per heavy atom. The molecular weight excluding hydrogens is 228 g/mol. The van der Waals surface area contributed by atoms with Crippen LogP contribution in [-0.2, 0) is 9.53 Å². The second-order valence-corrected chi connectivity index (χ2v) is 3.77. The maximum Gasteiger partial charge on any atom is 0.335 e. The SMILES string of the molecule is O=C(O)C1=C(Br)[C@@H]2C[C@H](O)[C@H]1O2. The van der Waals surface area contributed by atoms with Crippen LogP contribution in [0.4, 0.5) is 0 Å². The number of carboxylic acids is 1. The van der Waals surface area contributed by atoms with Crippen molar-refractivity contribution in [1.29, 1.82) is 0 Å². The normalized spacial score (nSPS) is 39.3. The molecule has 0 amide bonds. The molecule has 2 bridgehead atoms. The maximum absolute atomic E-state index is 10.7. The number of rotatable bonds is 1. The number of fused-ring (bicyclic) bond motifs is 2. The predicted molar refractivity (Wildman–Crippen MR) is 42.9 cm³/mol. The minimum absolute atomic E-state index is 0.166. The van der Waals surface area contributed by atoms with Crippen molar-refractivity contribution in [1.82, 2.24) is 0 Å². The number of hydrogen-bond acceptors (Lipinski definition) is 3. The van der Waals surface area contributed by atoms with Gasteiger partial charge in [-0.2, -0.15) is 0 Å². The van der Waals surface area contributed by atoms with Crippen LogP contribution in [0.25, 0.3) is 0 Å². The second-order valence-electron chi connectivity index (χ2n) is 2.92. The van der Waals surface area contributed by atoms with E-state index in [-0.39, 0.29) is 11.7 Å². The molecule has 1 fully saturated rings. The highest BCUT2D eigenvalue weighted by Crippen LogP contribution is 2.42. The van der Waals surface area contributed by atoms with E-state index >= 15 is 0 Å². The Morgan fingerprint density at radius 3 is 2.75 bits per heavy atom. The summed E-state index contributed by atoms with van der Waals surface area (Å²) in [5.74, 6) is -1.02. The summed E-state index contributed by atoms with van der Waals surface area (Å²) in [7, 11) is 0. The molecule has 0 aliphatic carbocycles. The summed E-state index contributed by atoms with van der Waals surface area (Å²) in [5.41, 5.74) is 0.166. The van der Waals surface area contributed by atoms with E-state index < -0.39 is 18.2 Å². The Labute approximate surface area is 77.0 Å². The molecular formula is C7H7BrO4. The number of carboxylic acid groups (broad SMARTS) is 1. The van der Waals surface area contributed by atoms with Gasteiger partial charge in [0, 0.05) is 10.9 Å². The standard InChI is InChI=1S/C7H7BrO4/c8-5-3-1-2(9)6(12-3)4(5)7(10)11/h2-3,6,9H,1H2,(H,10,11)/t2-,3-,6+/m0/s1. The van der Waals surface area contributed by atoms with Crippen LogP contribution in [0.1, 0.15) is 6.42 Å². The van der Waals surface area contributed by atoms with Crippen molar-refractivity contribution in [2.24, 2.45) is 0 Å². The number of hydrogen-bond donors (Lipinski definition) is 2. The zero-order valence-electron chi connectivity index (χ0n) is 6.03. The van der Waals surface area contributed by atoms with Gasteiger partial charge in [0.15, 0.2) is 0 Å². The average Bonchev–Trinajstić information content (AvgIpc) is 2.44. The number of carbonyl (C=O) groups is 1. The van der Waals surface area contributed by atoms with E-state index in [1.54, 1.807) is 0 Å². The predicted octanol–water partition coefficient (Wildman–Crippen LogP) is 0.252. The highest BCUT2D eigenvalue weighted by molar-refractivity contribution is 9.11. The lowest BCUT2D eigenvalue weighted by molar-refractivity contribution is -0.134. The van der Waals surface area contributed by atoms with Crippen LogP contribution in [0.15, 0.2) is 10.1 Å². The van der Waals surface area contributed by atoms with Crippen LogP contribution in [0, 0.1) is 0 Å². The molecule has 0 saturated carbocycles. The zero-order valence-corrected chi connectivity index (χ0v) is 7.61. The number of aliphatic hydroxyl groups is 1. The van der Waals surface area contributed by atoms with Crippen LogP contribution >= 0.6 is 15.9 Å². The minimum Gasteiger partial charge on any atom is -0.478 e. The quantitative estimate of drug-likeness (QED) is 0.683. The van der Waals surface area contributed by atoms with Crippen LogP contribution < -0.4 is 0 Å². The minimum atomic E-state index is -1.02. The Morgan fingerprint density at radius 1 is 1.67 bits per heavy atom. The van der Waals surface area contributed by atoms with Gasteiger partial charge in [0.05, 0.1) is 17.8 Å². The molecule has 2 heterocycles. The van der Waals surface area contributed by atoms with E-state index in [2.05, 4.69) is 15.9 Å². The van der Waals surface area contributed by atoms with Gasteiger partial charge in [-0.3, -0.25) is 0 Å².